The number of hydrogen-bond donors (Lipinski definition) is 1. The van der Waals surface area contributed by atoms with E-state index >= 15 is 0 Å². The fourth-order valence-electron chi connectivity index (χ4n) is 5.30. The Bertz CT molecular complexity index is 1890. The molecule has 10 nitrogen and oxygen atoms in total. The third-order valence-electron chi connectivity index (χ3n) is 7.44. The van der Waals surface area contributed by atoms with Gasteiger partial charge in [-0.05, 0) is 60.7 Å². The standard InChI is InChI=1S/C32H34N2O8S2/c1-41-28-14-15-29-26(21-28)11-13-27(33(29)17-5-7-19-43(35,36)37)23-32-34(18-6-8-20-44(38,39)40)30-22-25(12-16-31(30)42-32)24-9-3-2-4-10-24/h2-4,9-16,21-23H,5-8,17-20H2,1H3,(H-,35,36,37,38,39,40). The number of hydrogen-bond acceptors (Lipinski definition) is 8. The Labute approximate surface area is 257 Å². The maximum atomic E-state index is 11.3. The molecule has 1 aliphatic heterocycles. The Balaban J connectivity index is 1.52. The lowest BCUT2D eigenvalue weighted by molar-refractivity contribution is -0.673. The van der Waals surface area contributed by atoms with E-state index in [0.29, 0.717) is 43.3 Å². The van der Waals surface area contributed by atoms with Crippen molar-refractivity contribution in [3.8, 4) is 22.6 Å². The number of aromatic nitrogens is 1. The van der Waals surface area contributed by atoms with Crippen LogP contribution in [0.5, 0.6) is 11.5 Å². The molecule has 5 rings (SSSR count). The molecular formula is C32H34N2O8S2. The maximum Gasteiger partial charge on any atom is 0.264 e. The number of unbranched alkanes of at least 4 members (excludes halogenated alkanes) is 2. The molecule has 1 N–H and O–H groups in total. The van der Waals surface area contributed by atoms with Gasteiger partial charge in [0.1, 0.15) is 12.3 Å². The van der Waals surface area contributed by atoms with Crippen LogP contribution < -0.4 is 18.9 Å². The van der Waals surface area contributed by atoms with Gasteiger partial charge in [-0.25, -0.2) is 8.42 Å². The zero-order valence-corrected chi connectivity index (χ0v) is 25.9. The minimum atomic E-state index is -4.31. The molecule has 0 saturated carbocycles. The molecule has 0 aliphatic carbocycles. The normalized spacial score (nSPS) is 14.2. The van der Waals surface area contributed by atoms with Gasteiger partial charge in [-0.15, -0.1) is 0 Å². The Morgan fingerprint density at radius 2 is 1.66 bits per heavy atom. The van der Waals surface area contributed by atoms with Crippen LogP contribution in [-0.2, 0) is 26.8 Å². The molecule has 1 aliphatic rings. The van der Waals surface area contributed by atoms with Gasteiger partial charge in [-0.1, -0.05) is 36.4 Å². The van der Waals surface area contributed by atoms with Crippen LogP contribution in [0.1, 0.15) is 31.4 Å². The van der Waals surface area contributed by atoms with Gasteiger partial charge in [0.05, 0.1) is 40.1 Å². The van der Waals surface area contributed by atoms with Crippen LogP contribution in [0.25, 0.3) is 28.1 Å². The monoisotopic (exact) mass is 638 g/mol. The molecule has 2 heterocycles. The first-order valence-corrected chi connectivity index (χ1v) is 17.5. The van der Waals surface area contributed by atoms with Gasteiger partial charge in [0.15, 0.2) is 5.75 Å². The van der Waals surface area contributed by atoms with Gasteiger partial charge in [-0.3, -0.25) is 4.55 Å². The van der Waals surface area contributed by atoms with Crippen molar-refractivity contribution in [2.24, 2.45) is 0 Å². The number of pyridine rings is 1. The lowest BCUT2D eigenvalue weighted by atomic mass is 10.0. The van der Waals surface area contributed by atoms with E-state index in [1.807, 2.05) is 89.8 Å². The first-order chi connectivity index (χ1) is 21.0. The highest BCUT2D eigenvalue weighted by molar-refractivity contribution is 7.85. The Kier molecular flexibility index (Phi) is 9.54. The zero-order valence-electron chi connectivity index (χ0n) is 24.3. The second kappa shape index (κ2) is 13.3. The summed E-state index contributed by atoms with van der Waals surface area (Å²) in [5.41, 5.74) is 4.57. The number of fused-ring (bicyclic) bond motifs is 2. The Morgan fingerprint density at radius 1 is 0.886 bits per heavy atom. The van der Waals surface area contributed by atoms with Gasteiger partial charge >= 0.3 is 0 Å². The van der Waals surface area contributed by atoms with Crippen molar-refractivity contribution in [3.63, 3.8) is 0 Å². The number of aryl methyl sites for hydroxylation is 1. The maximum absolute atomic E-state index is 11.3. The molecule has 4 aromatic rings. The molecule has 0 radical (unpaired) electrons. The molecule has 12 heteroatoms. The molecule has 232 valence electrons. The van der Waals surface area contributed by atoms with E-state index < -0.39 is 26.0 Å². The molecule has 0 spiro atoms. The molecular weight excluding hydrogens is 604 g/mol. The van der Waals surface area contributed by atoms with Gasteiger partial charge in [0, 0.05) is 30.9 Å². The SMILES string of the molecule is COc1ccc2c(ccc(/C=C3\Oc4ccc(-c5ccccc5)cc4N3CCCCS(=O)(=O)O)[n+]2CCCCS(=O)(=O)[O-])c1. The summed E-state index contributed by atoms with van der Waals surface area (Å²) in [5.74, 6) is 1.14. The van der Waals surface area contributed by atoms with E-state index in [2.05, 4.69) is 4.57 Å². The van der Waals surface area contributed by atoms with Crippen molar-refractivity contribution < 1.29 is 40.0 Å². The fourth-order valence-corrected chi connectivity index (χ4v) is 6.42. The molecule has 1 aromatic heterocycles. The summed E-state index contributed by atoms with van der Waals surface area (Å²) >= 11 is 0. The molecule has 3 aromatic carbocycles. The summed E-state index contributed by atoms with van der Waals surface area (Å²) in [7, 11) is -6.78. The highest BCUT2D eigenvalue weighted by Crippen LogP contribution is 2.42. The summed E-state index contributed by atoms with van der Waals surface area (Å²) in [4.78, 5) is 2.00. The van der Waals surface area contributed by atoms with Gasteiger partial charge in [0.25, 0.3) is 10.1 Å². The molecule has 0 atom stereocenters. The Hall–Kier alpha value is -3.97. The highest BCUT2D eigenvalue weighted by Gasteiger charge is 2.28. The van der Waals surface area contributed by atoms with Gasteiger partial charge < -0.3 is 18.9 Å². The predicted octanol–water partition coefficient (Wildman–Crippen LogP) is 4.99. The lowest BCUT2D eigenvalue weighted by Crippen LogP contribution is -2.38. The van der Waals surface area contributed by atoms with Crippen LogP contribution in [-0.4, -0.2) is 51.1 Å². The first kappa shape index (κ1) is 31.5. The second-order valence-electron chi connectivity index (χ2n) is 10.6. The third-order valence-corrected chi connectivity index (χ3v) is 9.03. The van der Waals surface area contributed by atoms with Crippen LogP contribution in [0.2, 0.25) is 0 Å². The first-order valence-electron chi connectivity index (χ1n) is 14.3. The molecule has 44 heavy (non-hydrogen) atoms. The van der Waals surface area contributed by atoms with Crippen LogP contribution in [0.3, 0.4) is 0 Å². The van der Waals surface area contributed by atoms with Gasteiger partial charge in [-0.2, -0.15) is 13.0 Å². The molecule has 0 saturated heterocycles. The quantitative estimate of drug-likeness (QED) is 0.122. The molecule has 0 amide bonds. The summed E-state index contributed by atoms with van der Waals surface area (Å²) < 4.78 is 79.2. The highest BCUT2D eigenvalue weighted by atomic mass is 32.2. The second-order valence-corrected chi connectivity index (χ2v) is 13.7. The van der Waals surface area contributed by atoms with E-state index in [0.717, 1.165) is 33.4 Å². The topological polar surface area (TPSA) is 137 Å². The summed E-state index contributed by atoms with van der Waals surface area (Å²) in [6.45, 7) is 0.899. The van der Waals surface area contributed by atoms with Crippen molar-refractivity contribution in [1.82, 2.24) is 0 Å². The lowest BCUT2D eigenvalue weighted by Gasteiger charge is -2.19. The van der Waals surface area contributed by atoms with Crippen LogP contribution in [0, 0.1) is 0 Å². The predicted molar refractivity (Wildman–Crippen MR) is 168 cm³/mol. The van der Waals surface area contributed by atoms with E-state index in [9.17, 15) is 25.9 Å². The van der Waals surface area contributed by atoms with Crippen molar-refractivity contribution in [2.45, 2.75) is 32.2 Å². The number of benzene rings is 3. The third kappa shape index (κ3) is 7.94. The van der Waals surface area contributed by atoms with Crippen molar-refractivity contribution in [2.75, 3.05) is 30.1 Å². The molecule has 0 fully saturated rings. The summed E-state index contributed by atoms with van der Waals surface area (Å²) in [5, 5.41) is 0.924. The van der Waals surface area contributed by atoms with E-state index in [-0.39, 0.29) is 18.6 Å². The van der Waals surface area contributed by atoms with Crippen LogP contribution in [0.15, 0.2) is 84.7 Å². The number of rotatable bonds is 13. The van der Waals surface area contributed by atoms with Gasteiger partial charge in [0.2, 0.25) is 17.1 Å². The van der Waals surface area contributed by atoms with E-state index in [1.165, 1.54) is 0 Å². The average Bonchev–Trinajstić information content (AvgIpc) is 3.33. The average molecular weight is 639 g/mol. The van der Waals surface area contributed by atoms with Crippen molar-refractivity contribution in [3.05, 3.63) is 90.4 Å². The minimum Gasteiger partial charge on any atom is -0.748 e. The van der Waals surface area contributed by atoms with Crippen LogP contribution >= 0.6 is 0 Å². The fraction of sp³-hybridized carbons (Fsp3) is 0.281. The number of ether oxygens (including phenoxy) is 2. The number of nitrogens with zero attached hydrogens (tertiary/aromatic N) is 2. The molecule has 0 unspecified atom stereocenters. The summed E-state index contributed by atoms with van der Waals surface area (Å²) in [6, 6.07) is 25.5. The largest absolute Gasteiger partial charge is 0.748 e. The minimum absolute atomic E-state index is 0.228. The van der Waals surface area contributed by atoms with E-state index in [4.69, 9.17) is 9.47 Å². The van der Waals surface area contributed by atoms with E-state index in [1.54, 1.807) is 7.11 Å². The van der Waals surface area contributed by atoms with Crippen molar-refractivity contribution in [1.29, 1.82) is 0 Å². The summed E-state index contributed by atoms with van der Waals surface area (Å²) in [6.07, 6.45) is 3.35. The van der Waals surface area contributed by atoms with Crippen molar-refractivity contribution >= 4 is 42.9 Å². The zero-order chi connectivity index (χ0) is 31.3. The molecule has 0 bridgehead atoms. The number of methoxy groups -OCH3 is 1. The van der Waals surface area contributed by atoms with Crippen LogP contribution in [0.4, 0.5) is 5.69 Å². The Morgan fingerprint density at radius 3 is 2.39 bits per heavy atom. The smallest absolute Gasteiger partial charge is 0.264 e. The number of anilines is 1.